The number of nitro groups is 1. The van der Waals surface area contributed by atoms with Gasteiger partial charge in [0.1, 0.15) is 5.02 Å². The Morgan fingerprint density at radius 3 is 2.46 bits per heavy atom. The molecule has 2 aromatic carbocycles. The zero-order valence-electron chi connectivity index (χ0n) is 16.0. The van der Waals surface area contributed by atoms with Gasteiger partial charge in [-0.05, 0) is 55.5 Å². The fraction of sp³-hybridized carbons (Fsp3) is 0.381. The normalized spacial score (nSPS) is 15.9. The first-order valence-electron chi connectivity index (χ1n) is 9.45. The number of nitrogens with zero attached hydrogens (tertiary/aromatic N) is 2. The van der Waals surface area contributed by atoms with E-state index in [4.69, 9.17) is 11.6 Å². The SMILES string of the molecule is CC1CCN(c2ccc([C@@H](C)NC(=O)c3ccc(Cl)c([N+](=O)[O-])c3)cc2)CC1. The molecule has 1 fully saturated rings. The van der Waals surface area contributed by atoms with Crippen molar-refractivity contribution in [2.24, 2.45) is 5.92 Å². The standard InChI is InChI=1S/C21H24ClN3O3/c1-14-9-11-24(12-10-14)18-6-3-16(4-7-18)15(2)23-21(26)17-5-8-19(22)20(13-17)25(27)28/h3-8,13-15H,9-12H2,1-2H3,(H,23,26)/t15-/m1/s1. The highest BCUT2D eigenvalue weighted by Crippen LogP contribution is 2.26. The molecule has 1 heterocycles. The van der Waals surface area contributed by atoms with E-state index in [0.29, 0.717) is 0 Å². The van der Waals surface area contributed by atoms with Crippen molar-refractivity contribution in [1.82, 2.24) is 5.32 Å². The maximum Gasteiger partial charge on any atom is 0.288 e. The predicted molar refractivity (Wildman–Crippen MR) is 111 cm³/mol. The number of rotatable bonds is 5. The van der Waals surface area contributed by atoms with Crippen LogP contribution < -0.4 is 10.2 Å². The van der Waals surface area contributed by atoms with Crippen LogP contribution in [-0.4, -0.2) is 23.9 Å². The Morgan fingerprint density at radius 1 is 1.21 bits per heavy atom. The molecule has 2 aromatic rings. The number of carbonyl (C=O) groups excluding carboxylic acids is 1. The van der Waals surface area contributed by atoms with Crippen LogP contribution in [0.15, 0.2) is 42.5 Å². The number of halogens is 1. The number of carbonyl (C=O) groups is 1. The van der Waals surface area contributed by atoms with Crippen molar-refractivity contribution in [3.63, 3.8) is 0 Å². The van der Waals surface area contributed by atoms with E-state index in [1.54, 1.807) is 0 Å². The average Bonchev–Trinajstić information content (AvgIpc) is 2.68. The molecule has 1 aliphatic heterocycles. The minimum atomic E-state index is -0.595. The van der Waals surface area contributed by atoms with Crippen LogP contribution in [0.1, 0.15) is 48.7 Å². The molecule has 0 unspecified atom stereocenters. The molecule has 7 heteroatoms. The van der Waals surface area contributed by atoms with Gasteiger partial charge in [-0.25, -0.2) is 0 Å². The number of nitrogens with one attached hydrogen (secondary N) is 1. The molecule has 0 bridgehead atoms. The van der Waals surface area contributed by atoms with Gasteiger partial charge < -0.3 is 10.2 Å². The molecule has 28 heavy (non-hydrogen) atoms. The van der Waals surface area contributed by atoms with E-state index in [1.165, 1.54) is 36.7 Å². The quantitative estimate of drug-likeness (QED) is 0.566. The molecule has 1 N–H and O–H groups in total. The largest absolute Gasteiger partial charge is 0.372 e. The number of anilines is 1. The monoisotopic (exact) mass is 401 g/mol. The van der Waals surface area contributed by atoms with E-state index < -0.39 is 4.92 Å². The van der Waals surface area contributed by atoms with Crippen LogP contribution in [0.4, 0.5) is 11.4 Å². The van der Waals surface area contributed by atoms with Crippen molar-refractivity contribution in [2.45, 2.75) is 32.7 Å². The number of amides is 1. The van der Waals surface area contributed by atoms with Crippen molar-refractivity contribution in [1.29, 1.82) is 0 Å². The van der Waals surface area contributed by atoms with Crippen LogP contribution in [-0.2, 0) is 0 Å². The molecule has 1 atom stereocenters. The summed E-state index contributed by atoms with van der Waals surface area (Å²) in [5.41, 5.74) is 2.11. The number of hydrogen-bond acceptors (Lipinski definition) is 4. The third-order valence-electron chi connectivity index (χ3n) is 5.29. The number of piperidine rings is 1. The Kier molecular flexibility index (Phi) is 6.19. The summed E-state index contributed by atoms with van der Waals surface area (Å²) in [4.78, 5) is 25.3. The molecule has 6 nitrogen and oxygen atoms in total. The Labute approximate surface area is 169 Å². The maximum absolute atomic E-state index is 12.5. The Bertz CT molecular complexity index is 862. The predicted octanol–water partition coefficient (Wildman–Crippen LogP) is 4.98. The summed E-state index contributed by atoms with van der Waals surface area (Å²) in [5.74, 6) is 0.413. The van der Waals surface area contributed by atoms with Crippen molar-refractivity contribution in [2.75, 3.05) is 18.0 Å². The summed E-state index contributed by atoms with van der Waals surface area (Å²) in [6.07, 6.45) is 2.42. The molecule has 0 aliphatic carbocycles. The molecule has 1 aliphatic rings. The third kappa shape index (κ3) is 4.62. The molecular formula is C21H24ClN3O3. The van der Waals surface area contributed by atoms with Gasteiger partial charge in [-0.15, -0.1) is 0 Å². The van der Waals surface area contributed by atoms with Gasteiger partial charge in [0.15, 0.2) is 0 Å². The van der Waals surface area contributed by atoms with Crippen molar-refractivity contribution < 1.29 is 9.72 Å². The van der Waals surface area contributed by atoms with E-state index in [-0.39, 0.29) is 28.2 Å². The number of benzene rings is 2. The average molecular weight is 402 g/mol. The Balaban J connectivity index is 1.66. The van der Waals surface area contributed by atoms with Crippen molar-refractivity contribution >= 4 is 28.9 Å². The number of nitro benzene ring substituents is 1. The van der Waals surface area contributed by atoms with Crippen molar-refractivity contribution in [3.8, 4) is 0 Å². The first-order valence-corrected chi connectivity index (χ1v) is 9.82. The summed E-state index contributed by atoms with van der Waals surface area (Å²) >= 11 is 5.81. The summed E-state index contributed by atoms with van der Waals surface area (Å²) in [5, 5.41) is 13.9. The highest BCUT2D eigenvalue weighted by atomic mass is 35.5. The zero-order valence-corrected chi connectivity index (χ0v) is 16.8. The topological polar surface area (TPSA) is 75.5 Å². The summed E-state index contributed by atoms with van der Waals surface area (Å²) in [6, 6.07) is 12.0. The second-order valence-corrected chi connectivity index (χ2v) is 7.79. The summed E-state index contributed by atoms with van der Waals surface area (Å²) in [6.45, 7) is 6.32. The van der Waals surface area contributed by atoms with E-state index in [2.05, 4.69) is 29.3 Å². The van der Waals surface area contributed by atoms with Crippen LogP contribution in [0.25, 0.3) is 0 Å². The van der Waals surface area contributed by atoms with Gasteiger partial charge >= 0.3 is 0 Å². The minimum absolute atomic E-state index is 0.0114. The summed E-state index contributed by atoms with van der Waals surface area (Å²) < 4.78 is 0. The maximum atomic E-state index is 12.5. The molecule has 0 spiro atoms. The van der Waals surface area contributed by atoms with Crippen molar-refractivity contribution in [3.05, 3.63) is 68.7 Å². The van der Waals surface area contributed by atoms with E-state index in [1.807, 2.05) is 19.1 Å². The lowest BCUT2D eigenvalue weighted by Gasteiger charge is -2.32. The lowest BCUT2D eigenvalue weighted by molar-refractivity contribution is -0.384. The van der Waals surface area contributed by atoms with Gasteiger partial charge in [-0.2, -0.15) is 0 Å². The van der Waals surface area contributed by atoms with E-state index in [9.17, 15) is 14.9 Å². The summed E-state index contributed by atoms with van der Waals surface area (Å²) in [7, 11) is 0. The van der Waals surface area contributed by atoms with E-state index >= 15 is 0 Å². The third-order valence-corrected chi connectivity index (χ3v) is 5.61. The van der Waals surface area contributed by atoms with Crippen LogP contribution >= 0.6 is 11.6 Å². The van der Waals surface area contributed by atoms with E-state index in [0.717, 1.165) is 24.6 Å². The van der Waals surface area contributed by atoms with Gasteiger partial charge in [0.25, 0.3) is 11.6 Å². The minimum Gasteiger partial charge on any atom is -0.372 e. The molecule has 3 rings (SSSR count). The fourth-order valence-electron chi connectivity index (χ4n) is 3.40. The Morgan fingerprint density at radius 2 is 1.86 bits per heavy atom. The lowest BCUT2D eigenvalue weighted by Crippen LogP contribution is -2.32. The second-order valence-electron chi connectivity index (χ2n) is 7.38. The van der Waals surface area contributed by atoms with Gasteiger partial charge in [0.05, 0.1) is 11.0 Å². The first-order chi connectivity index (χ1) is 13.3. The molecule has 0 radical (unpaired) electrons. The first kappa shape index (κ1) is 20.1. The van der Waals surface area contributed by atoms with Gasteiger partial charge in [0, 0.05) is 30.4 Å². The molecule has 148 valence electrons. The lowest BCUT2D eigenvalue weighted by atomic mass is 9.98. The molecule has 0 saturated carbocycles. The van der Waals surface area contributed by atoms with Gasteiger partial charge in [-0.1, -0.05) is 30.7 Å². The second kappa shape index (κ2) is 8.61. The van der Waals surface area contributed by atoms with Gasteiger partial charge in [0.2, 0.25) is 0 Å². The smallest absolute Gasteiger partial charge is 0.288 e. The highest BCUT2D eigenvalue weighted by Gasteiger charge is 2.19. The van der Waals surface area contributed by atoms with Crippen LogP contribution in [0, 0.1) is 16.0 Å². The van der Waals surface area contributed by atoms with Crippen LogP contribution in [0.2, 0.25) is 5.02 Å². The van der Waals surface area contributed by atoms with Crippen LogP contribution in [0.5, 0.6) is 0 Å². The molecule has 1 amide bonds. The molecule has 0 aromatic heterocycles. The van der Waals surface area contributed by atoms with Gasteiger partial charge in [-0.3, -0.25) is 14.9 Å². The highest BCUT2D eigenvalue weighted by molar-refractivity contribution is 6.32. The van der Waals surface area contributed by atoms with Crippen LogP contribution in [0.3, 0.4) is 0 Å². The Hall–Kier alpha value is -2.60. The number of hydrogen-bond donors (Lipinski definition) is 1. The molecule has 1 saturated heterocycles. The fourth-order valence-corrected chi connectivity index (χ4v) is 3.58. The molecular weight excluding hydrogens is 378 g/mol. The zero-order chi connectivity index (χ0) is 20.3.